The highest BCUT2D eigenvalue weighted by Gasteiger charge is 2.38. The Hall–Kier alpha value is -2.67. The van der Waals surface area contributed by atoms with Gasteiger partial charge in [-0.1, -0.05) is 43.9 Å². The van der Waals surface area contributed by atoms with Crippen LogP contribution in [0, 0.1) is 5.92 Å². The van der Waals surface area contributed by atoms with Crippen LogP contribution in [0.3, 0.4) is 0 Å². The van der Waals surface area contributed by atoms with Crippen LogP contribution in [0.5, 0.6) is 0 Å². The van der Waals surface area contributed by atoms with Crippen molar-refractivity contribution in [1.82, 2.24) is 14.7 Å². The molecule has 1 fully saturated rings. The minimum atomic E-state index is -0.521. The number of benzene rings is 1. The third-order valence-electron chi connectivity index (χ3n) is 5.77. The quantitative estimate of drug-likeness (QED) is 0.792. The van der Waals surface area contributed by atoms with Crippen molar-refractivity contribution in [2.75, 3.05) is 11.9 Å². The summed E-state index contributed by atoms with van der Waals surface area (Å²) in [6, 6.07) is 8.71. The maximum Gasteiger partial charge on any atom is 0.255 e. The molecule has 0 spiro atoms. The van der Waals surface area contributed by atoms with Crippen molar-refractivity contribution in [3.63, 3.8) is 0 Å². The molecule has 2 heterocycles. The maximum atomic E-state index is 13.1. The van der Waals surface area contributed by atoms with Crippen molar-refractivity contribution in [1.29, 1.82) is 0 Å². The van der Waals surface area contributed by atoms with Crippen LogP contribution in [0.25, 0.3) is 0 Å². The number of carbonyl (C=O) groups is 2. The lowest BCUT2D eigenvalue weighted by Crippen LogP contribution is -2.45. The Morgan fingerprint density at radius 3 is 2.79 bits per heavy atom. The van der Waals surface area contributed by atoms with Crippen LogP contribution < -0.4 is 10.4 Å². The predicted molar refractivity (Wildman–Crippen MR) is 102 cm³/mol. The van der Waals surface area contributed by atoms with Crippen molar-refractivity contribution < 1.29 is 14.7 Å². The molecule has 28 heavy (non-hydrogen) atoms. The second kappa shape index (κ2) is 8.14. The molecule has 148 valence electrons. The van der Waals surface area contributed by atoms with Gasteiger partial charge in [-0.05, 0) is 24.0 Å². The van der Waals surface area contributed by atoms with Gasteiger partial charge in [-0.3, -0.25) is 14.3 Å². The van der Waals surface area contributed by atoms with Gasteiger partial charge < -0.3 is 15.3 Å². The second-order valence-corrected chi connectivity index (χ2v) is 7.65. The number of hydrogen-bond acceptors (Lipinski definition) is 4. The van der Waals surface area contributed by atoms with E-state index in [0.29, 0.717) is 30.3 Å². The van der Waals surface area contributed by atoms with Crippen molar-refractivity contribution in [3.05, 3.63) is 47.7 Å². The number of nitrogens with zero attached hydrogens (tertiary/aromatic N) is 3. The molecule has 0 bridgehead atoms. The number of rotatable bonds is 7. The molecule has 1 aromatic heterocycles. The van der Waals surface area contributed by atoms with E-state index in [9.17, 15) is 14.7 Å². The first-order valence-electron chi connectivity index (χ1n) is 9.97. The molecule has 1 N–H and O–H groups in total. The van der Waals surface area contributed by atoms with Gasteiger partial charge in [0, 0.05) is 30.9 Å². The number of hydrogen-bond donors (Lipinski definition) is 1. The lowest BCUT2D eigenvalue weighted by Gasteiger charge is -2.28. The number of aromatic nitrogens is 2. The van der Waals surface area contributed by atoms with Crippen molar-refractivity contribution in [2.24, 2.45) is 5.92 Å². The lowest BCUT2D eigenvalue weighted by molar-refractivity contribution is -0.370. The first kappa shape index (κ1) is 18.7. The fourth-order valence-electron chi connectivity index (χ4n) is 4.32. The zero-order chi connectivity index (χ0) is 19.5. The maximum absolute atomic E-state index is 13.1. The van der Waals surface area contributed by atoms with Gasteiger partial charge in [-0.15, -0.1) is 6.61 Å². The van der Waals surface area contributed by atoms with E-state index in [1.54, 1.807) is 17.2 Å². The zero-order valence-corrected chi connectivity index (χ0v) is 15.8. The van der Waals surface area contributed by atoms with Crippen LogP contribution >= 0.6 is 0 Å². The fraction of sp³-hybridized carbons (Fsp3) is 0.476. The van der Waals surface area contributed by atoms with E-state index in [-0.39, 0.29) is 25.0 Å². The molecule has 0 saturated heterocycles. The molecule has 1 aliphatic heterocycles. The standard InChI is InChI=1S/C21H25N4O3/c26-12-11-24-10-9-19(23-24)22-20(27)18(13-15-5-1-2-6-15)25-14-16-7-3-4-8-17(16)21(25)28/h3-4,7-10,15,18H,1-2,5-6,11-14H2,(H,22,23,27)/q-1/t18-/m0/s1. The highest BCUT2D eigenvalue weighted by molar-refractivity contribution is 6.03. The molecule has 7 heteroatoms. The highest BCUT2D eigenvalue weighted by atomic mass is 16.3. The van der Waals surface area contributed by atoms with Gasteiger partial charge in [0.05, 0.1) is 0 Å². The van der Waals surface area contributed by atoms with Crippen LogP contribution in [0.2, 0.25) is 0 Å². The fourth-order valence-corrected chi connectivity index (χ4v) is 4.32. The van der Waals surface area contributed by atoms with E-state index in [2.05, 4.69) is 10.4 Å². The summed E-state index contributed by atoms with van der Waals surface area (Å²) < 4.78 is 1.52. The van der Waals surface area contributed by atoms with Crippen LogP contribution in [-0.4, -0.2) is 39.1 Å². The SMILES string of the molecule is O=C(Nc1ccn(CC[O-])n1)[C@H](CC1CCCC1)N1Cc2ccccc2C1=O. The van der Waals surface area contributed by atoms with E-state index in [0.717, 1.165) is 18.4 Å². The van der Waals surface area contributed by atoms with Crippen LogP contribution in [0.4, 0.5) is 5.82 Å². The van der Waals surface area contributed by atoms with Crippen LogP contribution in [0.15, 0.2) is 36.5 Å². The number of carbonyl (C=O) groups excluding carboxylic acids is 2. The predicted octanol–water partition coefficient (Wildman–Crippen LogP) is 1.79. The van der Waals surface area contributed by atoms with E-state index in [1.165, 1.54) is 17.5 Å². The zero-order valence-electron chi connectivity index (χ0n) is 15.8. The molecule has 1 atom stereocenters. The average Bonchev–Trinajstić information content (AvgIpc) is 3.42. The molecular weight excluding hydrogens is 356 g/mol. The molecule has 0 radical (unpaired) electrons. The Morgan fingerprint density at radius 1 is 1.25 bits per heavy atom. The first-order valence-corrected chi connectivity index (χ1v) is 9.97. The van der Waals surface area contributed by atoms with E-state index < -0.39 is 6.04 Å². The summed E-state index contributed by atoms with van der Waals surface area (Å²) in [4.78, 5) is 27.8. The molecule has 2 aromatic rings. The third-order valence-corrected chi connectivity index (χ3v) is 5.77. The average molecular weight is 381 g/mol. The summed E-state index contributed by atoms with van der Waals surface area (Å²) in [5, 5.41) is 17.8. The third kappa shape index (κ3) is 3.80. The Morgan fingerprint density at radius 2 is 2.04 bits per heavy atom. The van der Waals surface area contributed by atoms with Crippen molar-refractivity contribution in [3.8, 4) is 0 Å². The molecule has 2 amide bonds. The Labute approximate surface area is 164 Å². The van der Waals surface area contributed by atoms with Crippen LogP contribution in [-0.2, 0) is 17.9 Å². The van der Waals surface area contributed by atoms with Gasteiger partial charge in [0.1, 0.15) is 6.04 Å². The minimum absolute atomic E-state index is 0.0781. The van der Waals surface area contributed by atoms with Crippen molar-refractivity contribution >= 4 is 17.6 Å². The van der Waals surface area contributed by atoms with Gasteiger partial charge in [-0.25, -0.2) is 0 Å². The summed E-state index contributed by atoms with van der Waals surface area (Å²) in [6.45, 7) is 0.464. The normalized spacial score (nSPS) is 17.8. The molecule has 0 unspecified atom stereocenters. The topological polar surface area (TPSA) is 90.3 Å². The van der Waals surface area contributed by atoms with Gasteiger partial charge in [0.2, 0.25) is 5.91 Å². The highest BCUT2D eigenvalue weighted by Crippen LogP contribution is 2.33. The Balaban J connectivity index is 1.53. The number of fused-ring (bicyclic) bond motifs is 1. The lowest BCUT2D eigenvalue weighted by atomic mass is 9.96. The summed E-state index contributed by atoms with van der Waals surface area (Å²) in [5.74, 6) is 0.593. The molecule has 1 saturated carbocycles. The summed E-state index contributed by atoms with van der Waals surface area (Å²) in [5.41, 5.74) is 1.66. The summed E-state index contributed by atoms with van der Waals surface area (Å²) in [6.07, 6.45) is 6.94. The van der Waals surface area contributed by atoms with Gasteiger partial charge >= 0.3 is 0 Å². The second-order valence-electron chi connectivity index (χ2n) is 7.65. The molecule has 1 aliphatic carbocycles. The number of anilines is 1. The van der Waals surface area contributed by atoms with Gasteiger partial charge in [-0.2, -0.15) is 5.10 Å². The Kier molecular flexibility index (Phi) is 5.43. The molecular formula is C21H25N4O3-. The summed E-state index contributed by atoms with van der Waals surface area (Å²) in [7, 11) is 0. The largest absolute Gasteiger partial charge is 0.853 e. The van der Waals surface area contributed by atoms with Crippen LogP contribution in [0.1, 0.15) is 48.0 Å². The molecule has 2 aliphatic rings. The minimum Gasteiger partial charge on any atom is -0.853 e. The smallest absolute Gasteiger partial charge is 0.255 e. The van der Waals surface area contributed by atoms with Gasteiger partial charge in [0.25, 0.3) is 5.91 Å². The number of nitrogens with one attached hydrogen (secondary N) is 1. The summed E-state index contributed by atoms with van der Waals surface area (Å²) >= 11 is 0. The monoisotopic (exact) mass is 381 g/mol. The van der Waals surface area contributed by atoms with Crippen molar-refractivity contribution in [2.45, 2.75) is 51.2 Å². The Bertz CT molecular complexity index is 857. The van der Waals surface area contributed by atoms with E-state index >= 15 is 0 Å². The van der Waals surface area contributed by atoms with E-state index in [1.807, 2.05) is 24.3 Å². The molecule has 1 aromatic carbocycles. The molecule has 7 nitrogen and oxygen atoms in total. The number of amides is 2. The molecule has 4 rings (SSSR count). The van der Waals surface area contributed by atoms with Gasteiger partial charge in [0.15, 0.2) is 5.82 Å². The van der Waals surface area contributed by atoms with E-state index in [4.69, 9.17) is 0 Å². The first-order chi connectivity index (χ1) is 13.7.